The standard InChI is InChI=1S/C20H23ClF5N3O2/c21-14-8-13(9-15(22)10-14)18(31)27-12-19(23)3-6-28(7-4-19)11-17(30)29-5-1-2-16(29)20(24,25)26/h8-10,16H,1-7,11-12H2,(H,27,31). The molecule has 2 saturated heterocycles. The number of nitrogens with one attached hydrogen (secondary N) is 1. The quantitative estimate of drug-likeness (QED) is 0.674. The first-order valence-corrected chi connectivity index (χ1v) is 10.4. The van der Waals surface area contributed by atoms with Crippen molar-refractivity contribution in [3.05, 3.63) is 34.6 Å². The van der Waals surface area contributed by atoms with E-state index in [4.69, 9.17) is 11.6 Å². The Kier molecular flexibility index (Phi) is 7.10. The van der Waals surface area contributed by atoms with E-state index in [9.17, 15) is 27.2 Å². The molecule has 0 aromatic heterocycles. The molecule has 1 unspecified atom stereocenters. The highest BCUT2D eigenvalue weighted by atomic mass is 35.5. The number of amides is 2. The van der Waals surface area contributed by atoms with Crippen molar-refractivity contribution in [3.63, 3.8) is 0 Å². The van der Waals surface area contributed by atoms with Crippen molar-refractivity contribution in [1.29, 1.82) is 0 Å². The SMILES string of the molecule is O=C(NCC1(F)CCN(CC(=O)N2CCCC2C(F)(F)F)CC1)c1cc(F)cc(Cl)c1. The Hall–Kier alpha value is -1.94. The number of hydrogen-bond donors (Lipinski definition) is 1. The van der Waals surface area contributed by atoms with E-state index in [1.807, 2.05) is 0 Å². The van der Waals surface area contributed by atoms with Gasteiger partial charge in [0.1, 0.15) is 17.5 Å². The van der Waals surface area contributed by atoms with Gasteiger partial charge in [0, 0.05) is 30.2 Å². The summed E-state index contributed by atoms with van der Waals surface area (Å²) in [6.07, 6.45) is -4.23. The second kappa shape index (κ2) is 9.28. The van der Waals surface area contributed by atoms with E-state index < -0.39 is 35.5 Å². The zero-order chi connectivity index (χ0) is 22.8. The predicted octanol–water partition coefficient (Wildman–Crippen LogP) is 3.57. The minimum atomic E-state index is -4.45. The summed E-state index contributed by atoms with van der Waals surface area (Å²) in [4.78, 5) is 27.0. The fourth-order valence-corrected chi connectivity index (χ4v) is 4.22. The van der Waals surface area contributed by atoms with Gasteiger partial charge in [-0.05, 0) is 43.9 Å². The summed E-state index contributed by atoms with van der Waals surface area (Å²) in [5.41, 5.74) is -1.75. The number of carbonyl (C=O) groups excluding carboxylic acids is 2. The summed E-state index contributed by atoms with van der Waals surface area (Å²) >= 11 is 5.72. The monoisotopic (exact) mass is 467 g/mol. The van der Waals surface area contributed by atoms with Crippen LogP contribution in [0.3, 0.4) is 0 Å². The molecule has 11 heteroatoms. The van der Waals surface area contributed by atoms with Gasteiger partial charge in [0.15, 0.2) is 0 Å². The summed E-state index contributed by atoms with van der Waals surface area (Å²) in [5.74, 6) is -1.96. The van der Waals surface area contributed by atoms with Gasteiger partial charge in [0.2, 0.25) is 5.91 Å². The Morgan fingerprint density at radius 2 is 1.84 bits per heavy atom. The van der Waals surface area contributed by atoms with Gasteiger partial charge in [0.25, 0.3) is 5.91 Å². The Morgan fingerprint density at radius 3 is 2.45 bits per heavy atom. The molecule has 172 valence electrons. The Balaban J connectivity index is 1.48. The molecule has 2 fully saturated rings. The summed E-state index contributed by atoms with van der Waals surface area (Å²) in [7, 11) is 0. The van der Waals surface area contributed by atoms with E-state index in [1.165, 1.54) is 6.07 Å². The molecule has 0 radical (unpaired) electrons. The van der Waals surface area contributed by atoms with Gasteiger partial charge in [-0.15, -0.1) is 0 Å². The maximum atomic E-state index is 15.1. The fraction of sp³-hybridized carbons (Fsp3) is 0.600. The molecular formula is C20H23ClF5N3O2. The summed E-state index contributed by atoms with van der Waals surface area (Å²) in [5, 5.41) is 2.47. The van der Waals surface area contributed by atoms with Crippen molar-refractivity contribution >= 4 is 23.4 Å². The predicted molar refractivity (Wildman–Crippen MR) is 104 cm³/mol. The molecule has 31 heavy (non-hydrogen) atoms. The van der Waals surface area contributed by atoms with Crippen molar-refractivity contribution in [2.75, 3.05) is 32.7 Å². The lowest BCUT2D eigenvalue weighted by Gasteiger charge is -2.37. The molecule has 5 nitrogen and oxygen atoms in total. The third-order valence-corrected chi connectivity index (χ3v) is 5.97. The van der Waals surface area contributed by atoms with Gasteiger partial charge in [0.05, 0.1) is 13.1 Å². The molecular weight excluding hydrogens is 445 g/mol. The largest absolute Gasteiger partial charge is 0.408 e. The van der Waals surface area contributed by atoms with Crippen LogP contribution < -0.4 is 5.32 Å². The first-order chi connectivity index (χ1) is 14.5. The lowest BCUT2D eigenvalue weighted by Crippen LogP contribution is -2.52. The van der Waals surface area contributed by atoms with Gasteiger partial charge < -0.3 is 10.2 Å². The van der Waals surface area contributed by atoms with E-state index in [1.54, 1.807) is 4.90 Å². The van der Waals surface area contributed by atoms with Crippen LogP contribution in [0.5, 0.6) is 0 Å². The number of likely N-dealkylation sites (tertiary alicyclic amines) is 2. The van der Waals surface area contributed by atoms with Crippen molar-refractivity contribution in [2.45, 2.75) is 43.6 Å². The molecule has 0 saturated carbocycles. The van der Waals surface area contributed by atoms with Crippen LogP contribution in [0.2, 0.25) is 5.02 Å². The topological polar surface area (TPSA) is 52.7 Å². The number of carbonyl (C=O) groups is 2. The van der Waals surface area contributed by atoms with Crippen LogP contribution in [-0.4, -0.2) is 72.2 Å². The molecule has 1 aromatic rings. The average Bonchev–Trinajstić information content (AvgIpc) is 3.18. The molecule has 3 rings (SSSR count). The summed E-state index contributed by atoms with van der Waals surface area (Å²) in [6, 6.07) is 1.56. The Morgan fingerprint density at radius 1 is 1.16 bits per heavy atom. The van der Waals surface area contributed by atoms with Crippen molar-refractivity contribution in [2.24, 2.45) is 0 Å². The molecule has 2 aliphatic heterocycles. The van der Waals surface area contributed by atoms with Crippen molar-refractivity contribution < 1.29 is 31.5 Å². The zero-order valence-corrected chi connectivity index (χ0v) is 17.4. The number of rotatable bonds is 5. The van der Waals surface area contributed by atoms with Crippen LogP contribution in [-0.2, 0) is 4.79 Å². The highest BCUT2D eigenvalue weighted by Crippen LogP contribution is 2.33. The van der Waals surface area contributed by atoms with Crippen LogP contribution in [0.1, 0.15) is 36.0 Å². The summed E-state index contributed by atoms with van der Waals surface area (Å²) < 4.78 is 67.6. The van der Waals surface area contributed by atoms with Crippen LogP contribution in [0.15, 0.2) is 18.2 Å². The molecule has 0 bridgehead atoms. The smallest absolute Gasteiger partial charge is 0.349 e. The number of nitrogens with zero attached hydrogens (tertiary/aromatic N) is 2. The molecule has 0 spiro atoms. The van der Waals surface area contributed by atoms with E-state index in [0.717, 1.165) is 17.0 Å². The van der Waals surface area contributed by atoms with E-state index in [-0.39, 0.29) is 62.6 Å². The maximum absolute atomic E-state index is 15.1. The molecule has 1 N–H and O–H groups in total. The number of benzene rings is 1. The fourth-order valence-electron chi connectivity index (χ4n) is 4.00. The first-order valence-electron chi connectivity index (χ1n) is 9.99. The first kappa shape index (κ1) is 23.7. The van der Waals surface area contributed by atoms with Crippen molar-refractivity contribution in [3.8, 4) is 0 Å². The number of hydrogen-bond acceptors (Lipinski definition) is 3. The third kappa shape index (κ3) is 6.06. The highest BCUT2D eigenvalue weighted by Gasteiger charge is 2.48. The number of halogens is 6. The Labute approximate surface area is 181 Å². The molecule has 1 aromatic carbocycles. The molecule has 1 atom stereocenters. The zero-order valence-electron chi connectivity index (χ0n) is 16.7. The highest BCUT2D eigenvalue weighted by molar-refractivity contribution is 6.31. The van der Waals surface area contributed by atoms with Crippen LogP contribution in [0.25, 0.3) is 0 Å². The van der Waals surface area contributed by atoms with E-state index >= 15 is 4.39 Å². The van der Waals surface area contributed by atoms with Gasteiger partial charge in [-0.2, -0.15) is 13.2 Å². The third-order valence-electron chi connectivity index (χ3n) is 5.75. The minimum absolute atomic E-state index is 0.00711. The van der Waals surface area contributed by atoms with Gasteiger partial charge in [-0.1, -0.05) is 11.6 Å². The van der Waals surface area contributed by atoms with Gasteiger partial charge in [-0.25, -0.2) is 8.78 Å². The normalized spacial score (nSPS) is 21.9. The second-order valence-corrected chi connectivity index (χ2v) is 8.49. The molecule has 2 amide bonds. The van der Waals surface area contributed by atoms with Crippen LogP contribution in [0.4, 0.5) is 22.0 Å². The summed E-state index contributed by atoms with van der Waals surface area (Å²) in [6.45, 7) is -0.0796. The van der Waals surface area contributed by atoms with Gasteiger partial charge >= 0.3 is 6.18 Å². The molecule has 2 heterocycles. The number of piperidine rings is 1. The molecule has 2 aliphatic rings. The number of alkyl halides is 4. The van der Waals surface area contributed by atoms with Crippen molar-refractivity contribution in [1.82, 2.24) is 15.1 Å². The average molecular weight is 468 g/mol. The Bertz CT molecular complexity index is 807. The van der Waals surface area contributed by atoms with E-state index in [2.05, 4.69) is 5.32 Å². The van der Waals surface area contributed by atoms with Crippen LogP contribution in [0, 0.1) is 5.82 Å². The van der Waals surface area contributed by atoms with Crippen LogP contribution >= 0.6 is 11.6 Å². The van der Waals surface area contributed by atoms with E-state index in [0.29, 0.717) is 6.42 Å². The molecule has 0 aliphatic carbocycles. The lowest BCUT2D eigenvalue weighted by atomic mass is 9.93. The van der Waals surface area contributed by atoms with Gasteiger partial charge in [-0.3, -0.25) is 14.5 Å². The second-order valence-electron chi connectivity index (χ2n) is 8.05. The lowest BCUT2D eigenvalue weighted by molar-refractivity contribution is -0.183. The minimum Gasteiger partial charge on any atom is -0.349 e. The maximum Gasteiger partial charge on any atom is 0.408 e.